The number of piperidine rings is 1. The maximum absolute atomic E-state index is 13.0. The fraction of sp³-hybridized carbons (Fsp3) is 0.737. The van der Waals surface area contributed by atoms with Crippen molar-refractivity contribution in [3.8, 4) is 0 Å². The van der Waals surface area contributed by atoms with Crippen LogP contribution < -0.4 is 0 Å². The van der Waals surface area contributed by atoms with Crippen molar-refractivity contribution in [1.82, 2.24) is 9.80 Å². The van der Waals surface area contributed by atoms with Crippen LogP contribution in [-0.2, 0) is 14.4 Å². The SMILES string of the molecule is C[C@@H](C(=O)N1CCCCC1)N1C(=O)[C@@H]2[C@@H]3C=C[C@@H]([C@H]4C[C@@H]34)[C@@H]2C1=O. The highest BCUT2D eigenvalue weighted by atomic mass is 16.2. The molecule has 2 bridgehead atoms. The average Bonchev–Trinajstić information content (AvgIpc) is 3.39. The summed E-state index contributed by atoms with van der Waals surface area (Å²) in [5.74, 6) is 1.02. The normalized spacial score (nSPS) is 43.7. The molecule has 2 saturated carbocycles. The summed E-state index contributed by atoms with van der Waals surface area (Å²) in [5.41, 5.74) is 0. The highest BCUT2D eigenvalue weighted by Crippen LogP contribution is 2.65. The lowest BCUT2D eigenvalue weighted by molar-refractivity contribution is -0.151. The third kappa shape index (κ3) is 1.78. The van der Waals surface area contributed by atoms with Crippen LogP contribution in [0.2, 0.25) is 0 Å². The molecule has 2 heterocycles. The molecule has 0 spiro atoms. The van der Waals surface area contributed by atoms with Gasteiger partial charge in [0.1, 0.15) is 6.04 Å². The smallest absolute Gasteiger partial charge is 0.245 e. The molecule has 5 heteroatoms. The lowest BCUT2D eigenvalue weighted by atomic mass is 9.63. The highest BCUT2D eigenvalue weighted by molar-refractivity contribution is 6.09. The van der Waals surface area contributed by atoms with Crippen molar-refractivity contribution >= 4 is 17.7 Å². The molecule has 0 N–H and O–H groups in total. The molecule has 2 aliphatic heterocycles. The van der Waals surface area contributed by atoms with E-state index >= 15 is 0 Å². The van der Waals surface area contributed by atoms with Crippen LogP contribution in [0.5, 0.6) is 0 Å². The van der Waals surface area contributed by atoms with E-state index in [-0.39, 0.29) is 41.4 Å². The molecule has 0 aromatic heterocycles. The van der Waals surface area contributed by atoms with E-state index in [4.69, 9.17) is 0 Å². The number of nitrogens with zero attached hydrogens (tertiary/aromatic N) is 2. The molecule has 7 atom stereocenters. The lowest BCUT2D eigenvalue weighted by Crippen LogP contribution is -2.51. The van der Waals surface area contributed by atoms with Gasteiger partial charge in [-0.05, 0) is 56.3 Å². The molecule has 0 unspecified atom stereocenters. The topological polar surface area (TPSA) is 57.7 Å². The molecule has 128 valence electrons. The first kappa shape index (κ1) is 14.7. The Morgan fingerprint density at radius 1 is 1.00 bits per heavy atom. The molecule has 6 aliphatic rings. The minimum atomic E-state index is -0.649. The zero-order valence-corrected chi connectivity index (χ0v) is 14.1. The molecule has 2 saturated heterocycles. The molecule has 5 nitrogen and oxygen atoms in total. The van der Waals surface area contributed by atoms with Gasteiger partial charge in [0.15, 0.2) is 0 Å². The van der Waals surface area contributed by atoms with Gasteiger partial charge >= 0.3 is 0 Å². The first-order valence-corrected chi connectivity index (χ1v) is 9.43. The van der Waals surface area contributed by atoms with Crippen molar-refractivity contribution in [2.45, 2.75) is 38.6 Å². The van der Waals surface area contributed by atoms with Crippen LogP contribution in [0.3, 0.4) is 0 Å². The highest BCUT2D eigenvalue weighted by Gasteiger charge is 2.67. The predicted octanol–water partition coefficient (Wildman–Crippen LogP) is 1.44. The summed E-state index contributed by atoms with van der Waals surface area (Å²) in [4.78, 5) is 42.0. The van der Waals surface area contributed by atoms with Gasteiger partial charge < -0.3 is 4.90 Å². The minimum absolute atomic E-state index is 0.0551. The van der Waals surface area contributed by atoms with E-state index in [0.29, 0.717) is 11.8 Å². The number of rotatable bonds is 2. The monoisotopic (exact) mass is 328 g/mol. The molecule has 24 heavy (non-hydrogen) atoms. The summed E-state index contributed by atoms with van der Waals surface area (Å²) in [5, 5.41) is 0. The maximum Gasteiger partial charge on any atom is 0.245 e. The van der Waals surface area contributed by atoms with Gasteiger partial charge in [0.05, 0.1) is 11.8 Å². The number of carbonyl (C=O) groups excluding carboxylic acids is 3. The standard InChI is InChI=1S/C19H24N2O3/c1-10(17(22)20-7-3-2-4-8-20)21-18(23)15-11-5-6-12(14-9-13(11)14)16(15)19(21)24/h5-6,10-16H,2-4,7-9H2,1H3/t10-,11-,12+,13+,14-,15-,16+/m0/s1. The van der Waals surface area contributed by atoms with Crippen LogP contribution in [0.25, 0.3) is 0 Å². The van der Waals surface area contributed by atoms with Crippen molar-refractivity contribution in [1.29, 1.82) is 0 Å². The molecular weight excluding hydrogens is 304 g/mol. The van der Waals surface area contributed by atoms with E-state index < -0.39 is 6.04 Å². The van der Waals surface area contributed by atoms with E-state index in [1.54, 1.807) is 6.92 Å². The van der Waals surface area contributed by atoms with Crippen LogP contribution in [-0.4, -0.2) is 46.7 Å². The molecule has 6 rings (SSSR count). The number of imide groups is 1. The van der Waals surface area contributed by atoms with Gasteiger partial charge in [-0.25, -0.2) is 0 Å². The van der Waals surface area contributed by atoms with Gasteiger partial charge in [-0.15, -0.1) is 0 Å². The molecule has 4 fully saturated rings. The van der Waals surface area contributed by atoms with Gasteiger partial charge in [0.25, 0.3) is 0 Å². The number of amides is 3. The summed E-state index contributed by atoms with van der Waals surface area (Å²) in [6.07, 6.45) is 8.70. The first-order valence-electron chi connectivity index (χ1n) is 9.43. The van der Waals surface area contributed by atoms with E-state index in [1.807, 2.05) is 4.90 Å². The second-order valence-corrected chi connectivity index (χ2v) is 8.26. The number of allylic oxidation sites excluding steroid dienone is 2. The molecule has 0 aromatic carbocycles. The van der Waals surface area contributed by atoms with Crippen molar-refractivity contribution < 1.29 is 14.4 Å². The van der Waals surface area contributed by atoms with Crippen LogP contribution in [0.4, 0.5) is 0 Å². The van der Waals surface area contributed by atoms with Crippen molar-refractivity contribution in [2.75, 3.05) is 13.1 Å². The van der Waals surface area contributed by atoms with Crippen molar-refractivity contribution in [2.24, 2.45) is 35.5 Å². The van der Waals surface area contributed by atoms with E-state index in [1.165, 1.54) is 4.90 Å². The van der Waals surface area contributed by atoms with E-state index in [9.17, 15) is 14.4 Å². The predicted molar refractivity (Wildman–Crippen MR) is 86.4 cm³/mol. The van der Waals surface area contributed by atoms with Gasteiger partial charge in [0.2, 0.25) is 17.7 Å². The Morgan fingerprint density at radius 3 is 2.08 bits per heavy atom. The zero-order valence-electron chi connectivity index (χ0n) is 14.1. The van der Waals surface area contributed by atoms with Crippen molar-refractivity contribution in [3.63, 3.8) is 0 Å². The Bertz CT molecular complexity index is 615. The Kier molecular flexibility index (Phi) is 3.01. The summed E-state index contributed by atoms with van der Waals surface area (Å²) >= 11 is 0. The molecule has 0 aromatic rings. The van der Waals surface area contributed by atoms with Gasteiger partial charge in [-0.2, -0.15) is 0 Å². The Labute approximate surface area is 142 Å². The molecule has 0 radical (unpaired) electrons. The van der Waals surface area contributed by atoms with Crippen molar-refractivity contribution in [3.05, 3.63) is 12.2 Å². The van der Waals surface area contributed by atoms with E-state index in [0.717, 1.165) is 38.8 Å². The third-order valence-electron chi connectivity index (χ3n) is 7.11. The Hall–Kier alpha value is -1.65. The molecular formula is C19H24N2O3. The number of hydrogen-bond acceptors (Lipinski definition) is 3. The summed E-state index contributed by atoms with van der Waals surface area (Å²) in [7, 11) is 0. The summed E-state index contributed by atoms with van der Waals surface area (Å²) in [6.45, 7) is 3.24. The Balaban J connectivity index is 1.40. The zero-order chi connectivity index (χ0) is 16.6. The van der Waals surface area contributed by atoms with Crippen LogP contribution in [0, 0.1) is 35.5 Å². The van der Waals surface area contributed by atoms with Crippen LogP contribution in [0.1, 0.15) is 32.6 Å². The fourth-order valence-electron chi connectivity index (χ4n) is 5.85. The largest absolute Gasteiger partial charge is 0.341 e. The summed E-state index contributed by atoms with van der Waals surface area (Å²) < 4.78 is 0. The lowest BCUT2D eigenvalue weighted by Gasteiger charge is -2.37. The van der Waals surface area contributed by atoms with Gasteiger partial charge in [-0.3, -0.25) is 19.3 Å². The maximum atomic E-state index is 13.0. The van der Waals surface area contributed by atoms with E-state index in [2.05, 4.69) is 12.2 Å². The fourth-order valence-corrected chi connectivity index (χ4v) is 5.85. The molecule has 4 aliphatic carbocycles. The second-order valence-electron chi connectivity index (χ2n) is 8.26. The number of hydrogen-bond donors (Lipinski definition) is 0. The average molecular weight is 328 g/mol. The summed E-state index contributed by atoms with van der Waals surface area (Å²) in [6, 6.07) is -0.649. The first-order chi connectivity index (χ1) is 11.6. The second kappa shape index (κ2) is 4.93. The molecule has 3 amide bonds. The number of likely N-dealkylation sites (tertiary alicyclic amines) is 2. The number of carbonyl (C=O) groups is 3. The van der Waals surface area contributed by atoms with Gasteiger partial charge in [-0.1, -0.05) is 12.2 Å². The van der Waals surface area contributed by atoms with Crippen LogP contribution in [0.15, 0.2) is 12.2 Å². The van der Waals surface area contributed by atoms with Gasteiger partial charge in [0, 0.05) is 13.1 Å². The third-order valence-corrected chi connectivity index (χ3v) is 7.11. The Morgan fingerprint density at radius 2 is 1.54 bits per heavy atom. The minimum Gasteiger partial charge on any atom is -0.341 e. The quantitative estimate of drug-likeness (QED) is 0.569. The van der Waals surface area contributed by atoms with Crippen LogP contribution >= 0.6 is 0 Å².